The van der Waals surface area contributed by atoms with Crippen molar-refractivity contribution in [1.29, 1.82) is 0 Å². The van der Waals surface area contributed by atoms with E-state index < -0.39 is 0 Å². The number of nitrogens with one attached hydrogen (secondary N) is 2. The van der Waals surface area contributed by atoms with Crippen LogP contribution in [0, 0.1) is 20.8 Å². The fourth-order valence-electron chi connectivity index (χ4n) is 1.99. The van der Waals surface area contributed by atoms with Gasteiger partial charge in [-0.3, -0.25) is 9.59 Å². The Morgan fingerprint density at radius 2 is 1.91 bits per heavy atom. The number of aryl methyl sites for hydroxylation is 3. The van der Waals surface area contributed by atoms with E-state index in [4.69, 9.17) is 4.42 Å². The minimum atomic E-state index is -0.324. The van der Waals surface area contributed by atoms with Crippen LogP contribution >= 0.6 is 15.9 Å². The highest BCUT2D eigenvalue weighted by Crippen LogP contribution is 2.20. The van der Waals surface area contributed by atoms with Gasteiger partial charge in [0, 0.05) is 10.2 Å². The molecule has 0 fully saturated rings. The number of halogens is 1. The topological polar surface area (TPSA) is 71.3 Å². The molecule has 1 aromatic heterocycles. The summed E-state index contributed by atoms with van der Waals surface area (Å²) in [7, 11) is 0. The molecule has 0 spiro atoms. The molecule has 116 valence electrons. The number of carbonyl (C=O) groups is 2. The van der Waals surface area contributed by atoms with E-state index in [1.54, 1.807) is 19.9 Å². The van der Waals surface area contributed by atoms with Gasteiger partial charge in [0.15, 0.2) is 0 Å². The Bertz CT molecular complexity index is 722. The first-order chi connectivity index (χ1) is 10.4. The lowest BCUT2D eigenvalue weighted by atomic mass is 10.2. The molecule has 6 heteroatoms. The molecule has 0 radical (unpaired) electrons. The van der Waals surface area contributed by atoms with Gasteiger partial charge in [-0.05, 0) is 44.5 Å². The third-order valence-corrected chi connectivity index (χ3v) is 4.01. The van der Waals surface area contributed by atoms with E-state index in [1.165, 1.54) is 0 Å². The maximum Gasteiger partial charge on any atom is 0.255 e. The fourth-order valence-corrected chi connectivity index (χ4v) is 2.37. The van der Waals surface area contributed by atoms with E-state index in [0.717, 1.165) is 10.0 Å². The largest absolute Gasteiger partial charge is 0.466 e. The summed E-state index contributed by atoms with van der Waals surface area (Å²) in [5.74, 6) is 0.589. The van der Waals surface area contributed by atoms with Gasteiger partial charge in [0.1, 0.15) is 11.5 Å². The van der Waals surface area contributed by atoms with Crippen molar-refractivity contribution in [3.05, 3.63) is 51.4 Å². The Kier molecular flexibility index (Phi) is 5.03. The molecule has 2 amide bonds. The molecular formula is C16H17BrN2O3. The van der Waals surface area contributed by atoms with Crippen LogP contribution in [0.25, 0.3) is 0 Å². The van der Waals surface area contributed by atoms with Crippen LogP contribution in [0.5, 0.6) is 0 Å². The SMILES string of the molecule is Cc1cc(C(=O)NCC(=O)Nc2ccc(C)c(Br)c2)c(C)o1. The van der Waals surface area contributed by atoms with Gasteiger partial charge in [-0.25, -0.2) is 0 Å². The number of amides is 2. The second-order valence-corrected chi connectivity index (χ2v) is 5.88. The first kappa shape index (κ1) is 16.3. The number of benzene rings is 1. The van der Waals surface area contributed by atoms with Crippen molar-refractivity contribution in [2.24, 2.45) is 0 Å². The smallest absolute Gasteiger partial charge is 0.255 e. The van der Waals surface area contributed by atoms with Gasteiger partial charge >= 0.3 is 0 Å². The van der Waals surface area contributed by atoms with E-state index in [1.807, 2.05) is 25.1 Å². The van der Waals surface area contributed by atoms with Gasteiger partial charge < -0.3 is 15.1 Å². The molecule has 0 aliphatic heterocycles. The van der Waals surface area contributed by atoms with E-state index in [2.05, 4.69) is 26.6 Å². The molecule has 0 unspecified atom stereocenters. The van der Waals surface area contributed by atoms with Gasteiger partial charge in [0.2, 0.25) is 5.91 Å². The highest BCUT2D eigenvalue weighted by Gasteiger charge is 2.14. The maximum atomic E-state index is 12.0. The average Bonchev–Trinajstić information content (AvgIpc) is 2.79. The van der Waals surface area contributed by atoms with Gasteiger partial charge in [-0.15, -0.1) is 0 Å². The van der Waals surface area contributed by atoms with Crippen LogP contribution in [0.15, 0.2) is 33.2 Å². The summed E-state index contributed by atoms with van der Waals surface area (Å²) >= 11 is 3.41. The molecule has 1 aromatic carbocycles. The van der Waals surface area contributed by atoms with Crippen LogP contribution in [0.1, 0.15) is 27.4 Å². The van der Waals surface area contributed by atoms with Crippen molar-refractivity contribution in [3.63, 3.8) is 0 Å². The van der Waals surface area contributed by atoms with E-state index >= 15 is 0 Å². The lowest BCUT2D eigenvalue weighted by Gasteiger charge is -2.08. The molecule has 0 saturated carbocycles. The van der Waals surface area contributed by atoms with E-state index in [0.29, 0.717) is 22.8 Å². The normalized spacial score (nSPS) is 10.4. The second-order valence-electron chi connectivity index (χ2n) is 5.02. The van der Waals surface area contributed by atoms with Crippen molar-refractivity contribution >= 4 is 33.4 Å². The number of furan rings is 1. The summed E-state index contributed by atoms with van der Waals surface area (Å²) in [6.45, 7) is 5.34. The van der Waals surface area contributed by atoms with E-state index in [-0.39, 0.29) is 18.4 Å². The van der Waals surface area contributed by atoms with Crippen LogP contribution in [0.3, 0.4) is 0 Å². The molecule has 1 heterocycles. The number of anilines is 1. The van der Waals surface area contributed by atoms with E-state index in [9.17, 15) is 9.59 Å². The van der Waals surface area contributed by atoms with Crippen LogP contribution in [-0.2, 0) is 4.79 Å². The molecule has 2 N–H and O–H groups in total. The van der Waals surface area contributed by atoms with Gasteiger partial charge in [-0.2, -0.15) is 0 Å². The predicted molar refractivity (Wildman–Crippen MR) is 88.0 cm³/mol. The summed E-state index contributed by atoms with van der Waals surface area (Å²) in [6.07, 6.45) is 0. The molecule has 0 aliphatic rings. The standard InChI is InChI=1S/C16H17BrN2O3/c1-9-4-5-12(7-14(9)17)19-15(20)8-18-16(21)13-6-10(2)22-11(13)3/h4-7H,8H2,1-3H3,(H,18,21)(H,19,20). The highest BCUT2D eigenvalue weighted by molar-refractivity contribution is 9.10. The fraction of sp³-hybridized carbons (Fsp3) is 0.250. The summed E-state index contributed by atoms with van der Waals surface area (Å²) in [5, 5.41) is 5.31. The minimum absolute atomic E-state index is 0.103. The zero-order valence-electron chi connectivity index (χ0n) is 12.6. The molecular weight excluding hydrogens is 348 g/mol. The second kappa shape index (κ2) is 6.79. The van der Waals surface area contributed by atoms with Crippen LogP contribution in [0.2, 0.25) is 0 Å². The molecule has 0 saturated heterocycles. The molecule has 2 rings (SSSR count). The average molecular weight is 365 g/mol. The number of hydrogen-bond acceptors (Lipinski definition) is 3. The Hall–Kier alpha value is -2.08. The monoisotopic (exact) mass is 364 g/mol. The van der Waals surface area contributed by atoms with Gasteiger partial charge in [0.25, 0.3) is 5.91 Å². The quantitative estimate of drug-likeness (QED) is 0.873. The number of rotatable bonds is 4. The van der Waals surface area contributed by atoms with Crippen LogP contribution < -0.4 is 10.6 Å². The van der Waals surface area contributed by atoms with Crippen molar-refractivity contribution in [2.45, 2.75) is 20.8 Å². The maximum absolute atomic E-state index is 12.0. The Morgan fingerprint density at radius 1 is 1.18 bits per heavy atom. The Morgan fingerprint density at radius 3 is 2.50 bits per heavy atom. The lowest BCUT2D eigenvalue weighted by Crippen LogP contribution is -2.32. The summed E-state index contributed by atoms with van der Waals surface area (Å²) < 4.78 is 6.21. The van der Waals surface area contributed by atoms with Crippen molar-refractivity contribution < 1.29 is 14.0 Å². The molecule has 22 heavy (non-hydrogen) atoms. The first-order valence-electron chi connectivity index (χ1n) is 6.78. The zero-order chi connectivity index (χ0) is 16.3. The molecule has 0 aliphatic carbocycles. The Balaban J connectivity index is 1.91. The molecule has 5 nitrogen and oxygen atoms in total. The van der Waals surface area contributed by atoms with Crippen molar-refractivity contribution in [1.82, 2.24) is 5.32 Å². The van der Waals surface area contributed by atoms with Crippen molar-refractivity contribution in [2.75, 3.05) is 11.9 Å². The number of carbonyl (C=O) groups excluding carboxylic acids is 2. The highest BCUT2D eigenvalue weighted by atomic mass is 79.9. The van der Waals surface area contributed by atoms with Gasteiger partial charge in [-0.1, -0.05) is 22.0 Å². The molecule has 0 bridgehead atoms. The van der Waals surface area contributed by atoms with Crippen molar-refractivity contribution in [3.8, 4) is 0 Å². The van der Waals surface area contributed by atoms with Gasteiger partial charge in [0.05, 0.1) is 12.1 Å². The predicted octanol–water partition coefficient (Wildman–Crippen LogP) is 3.34. The zero-order valence-corrected chi connectivity index (χ0v) is 14.2. The third-order valence-electron chi connectivity index (χ3n) is 3.15. The summed E-state index contributed by atoms with van der Waals surface area (Å²) in [6, 6.07) is 7.18. The van der Waals surface area contributed by atoms with Crippen LogP contribution in [-0.4, -0.2) is 18.4 Å². The Labute approximate surface area is 137 Å². The minimum Gasteiger partial charge on any atom is -0.466 e. The summed E-state index contributed by atoms with van der Waals surface area (Å²) in [5.41, 5.74) is 2.20. The molecule has 2 aromatic rings. The molecule has 0 atom stereocenters. The number of hydrogen-bond donors (Lipinski definition) is 2. The summed E-state index contributed by atoms with van der Waals surface area (Å²) in [4.78, 5) is 23.8. The lowest BCUT2D eigenvalue weighted by molar-refractivity contribution is -0.115. The first-order valence-corrected chi connectivity index (χ1v) is 7.57. The third kappa shape index (κ3) is 3.98. The van der Waals surface area contributed by atoms with Crippen LogP contribution in [0.4, 0.5) is 5.69 Å².